The first kappa shape index (κ1) is 17.5. The molecule has 3 fully saturated rings. The molecule has 4 aliphatic carbocycles. The highest BCUT2D eigenvalue weighted by Gasteiger charge is 2.61. The first-order valence-electron chi connectivity index (χ1n) is 10.1. The molecule has 3 nitrogen and oxygen atoms in total. The van der Waals surface area contributed by atoms with E-state index in [0.29, 0.717) is 35.9 Å². The largest absolute Gasteiger partial charge is 0.385 e. The third-order valence-corrected chi connectivity index (χ3v) is 8.78. The molecular formula is C22H32O3. The van der Waals surface area contributed by atoms with Gasteiger partial charge in [0.05, 0.1) is 0 Å². The lowest BCUT2D eigenvalue weighted by Crippen LogP contribution is -2.52. The van der Waals surface area contributed by atoms with Crippen molar-refractivity contribution in [2.75, 3.05) is 0 Å². The zero-order chi connectivity index (χ0) is 18.1. The van der Waals surface area contributed by atoms with Crippen LogP contribution in [0.3, 0.4) is 0 Å². The molecule has 0 aliphatic heterocycles. The van der Waals surface area contributed by atoms with Crippen molar-refractivity contribution < 1.29 is 14.7 Å². The summed E-state index contributed by atoms with van der Waals surface area (Å²) in [6.07, 6.45) is 7.06. The van der Waals surface area contributed by atoms with Crippen LogP contribution in [0.5, 0.6) is 0 Å². The molecule has 1 N–H and O–H groups in total. The van der Waals surface area contributed by atoms with Gasteiger partial charge in [-0.1, -0.05) is 26.3 Å². The van der Waals surface area contributed by atoms with Crippen LogP contribution >= 0.6 is 0 Å². The van der Waals surface area contributed by atoms with E-state index >= 15 is 0 Å². The molecule has 0 bridgehead atoms. The molecule has 138 valence electrons. The number of Topliss-reactive ketones (excluding diaryl/α,β-unsaturated/α-hetero) is 1. The van der Waals surface area contributed by atoms with Crippen molar-refractivity contribution in [3.63, 3.8) is 0 Å². The standard InChI is InChI=1S/C22H32O3/c1-12-9-17-15-6-5-14-10-18(24)19(25)11-22(14,4)16(15)7-8-21(17,3)20(12)13(2)23/h10,12,15-17,19-20,25H,5-9,11H2,1-4H3/t12-,15-,16+,17+,19?,20-,21+,22+/m1/s1. The fourth-order valence-electron chi connectivity index (χ4n) is 7.85. The van der Waals surface area contributed by atoms with Gasteiger partial charge in [0.25, 0.3) is 0 Å². The van der Waals surface area contributed by atoms with E-state index in [1.54, 1.807) is 13.0 Å². The minimum absolute atomic E-state index is 0.0326. The highest BCUT2D eigenvalue weighted by Crippen LogP contribution is 2.67. The molecular weight excluding hydrogens is 312 g/mol. The van der Waals surface area contributed by atoms with Gasteiger partial charge in [0.1, 0.15) is 11.9 Å². The van der Waals surface area contributed by atoms with Gasteiger partial charge in [-0.3, -0.25) is 9.59 Å². The molecule has 4 rings (SSSR count). The van der Waals surface area contributed by atoms with E-state index in [9.17, 15) is 14.7 Å². The summed E-state index contributed by atoms with van der Waals surface area (Å²) in [6, 6.07) is 0. The van der Waals surface area contributed by atoms with E-state index in [1.807, 2.05) is 0 Å². The Morgan fingerprint density at radius 2 is 1.96 bits per heavy atom. The monoisotopic (exact) mass is 344 g/mol. The summed E-state index contributed by atoms with van der Waals surface area (Å²) in [5.41, 5.74) is 1.39. The van der Waals surface area contributed by atoms with E-state index in [2.05, 4.69) is 20.8 Å². The van der Waals surface area contributed by atoms with Crippen LogP contribution in [0.25, 0.3) is 0 Å². The van der Waals surface area contributed by atoms with E-state index in [-0.39, 0.29) is 22.5 Å². The van der Waals surface area contributed by atoms with Crippen molar-refractivity contribution in [1.29, 1.82) is 0 Å². The van der Waals surface area contributed by atoms with E-state index in [4.69, 9.17) is 0 Å². The number of hydrogen-bond donors (Lipinski definition) is 1. The summed E-state index contributed by atoms with van der Waals surface area (Å²) in [5, 5.41) is 10.2. The van der Waals surface area contributed by atoms with Crippen LogP contribution in [0.2, 0.25) is 0 Å². The second-order valence-electron chi connectivity index (χ2n) is 9.97. The Morgan fingerprint density at radius 1 is 1.24 bits per heavy atom. The molecule has 0 aromatic rings. The van der Waals surface area contributed by atoms with E-state index in [1.165, 1.54) is 12.0 Å². The highest BCUT2D eigenvalue weighted by atomic mass is 16.3. The number of allylic oxidation sites excluding steroid dienone is 1. The molecule has 0 aromatic carbocycles. The molecule has 0 saturated heterocycles. The smallest absolute Gasteiger partial charge is 0.184 e. The van der Waals surface area contributed by atoms with Gasteiger partial charge in [0.2, 0.25) is 0 Å². The average Bonchev–Trinajstić information content (AvgIpc) is 2.79. The predicted molar refractivity (Wildman–Crippen MR) is 96.8 cm³/mol. The second kappa shape index (κ2) is 5.52. The van der Waals surface area contributed by atoms with Crippen LogP contribution in [-0.4, -0.2) is 22.8 Å². The summed E-state index contributed by atoms with van der Waals surface area (Å²) in [4.78, 5) is 24.3. The Balaban J connectivity index is 1.70. The number of fused-ring (bicyclic) bond motifs is 5. The molecule has 8 atom stereocenters. The van der Waals surface area contributed by atoms with Crippen LogP contribution in [-0.2, 0) is 9.59 Å². The fourth-order valence-corrected chi connectivity index (χ4v) is 7.85. The van der Waals surface area contributed by atoms with Gasteiger partial charge >= 0.3 is 0 Å². The number of carbonyl (C=O) groups excluding carboxylic acids is 2. The molecule has 1 unspecified atom stereocenters. The van der Waals surface area contributed by atoms with Crippen molar-refractivity contribution in [2.24, 2.45) is 40.4 Å². The summed E-state index contributed by atoms with van der Waals surface area (Å²) in [7, 11) is 0. The minimum Gasteiger partial charge on any atom is -0.385 e. The summed E-state index contributed by atoms with van der Waals surface area (Å²) in [5.74, 6) is 2.76. The molecule has 0 radical (unpaired) electrons. The van der Waals surface area contributed by atoms with Crippen molar-refractivity contribution >= 4 is 11.6 Å². The molecule has 3 heteroatoms. The average molecular weight is 344 g/mol. The van der Waals surface area contributed by atoms with Gasteiger partial charge < -0.3 is 5.11 Å². The molecule has 0 aromatic heterocycles. The van der Waals surface area contributed by atoms with Crippen LogP contribution in [0.15, 0.2) is 11.6 Å². The Bertz CT molecular complexity index is 650. The molecule has 25 heavy (non-hydrogen) atoms. The Morgan fingerprint density at radius 3 is 2.64 bits per heavy atom. The number of ketones is 2. The van der Waals surface area contributed by atoms with Crippen LogP contribution in [0.1, 0.15) is 66.2 Å². The predicted octanol–water partition coefficient (Wildman–Crippen LogP) is 3.94. The third kappa shape index (κ3) is 2.27. The number of aliphatic hydroxyl groups is 1. The zero-order valence-corrected chi connectivity index (χ0v) is 16.0. The lowest BCUT2D eigenvalue weighted by molar-refractivity contribution is -0.132. The minimum atomic E-state index is -0.826. The fraction of sp³-hybridized carbons (Fsp3) is 0.818. The Hall–Kier alpha value is -0.960. The van der Waals surface area contributed by atoms with Crippen molar-refractivity contribution in [1.82, 2.24) is 0 Å². The zero-order valence-electron chi connectivity index (χ0n) is 16.0. The van der Waals surface area contributed by atoms with Gasteiger partial charge in [-0.25, -0.2) is 0 Å². The molecule has 0 heterocycles. The van der Waals surface area contributed by atoms with Crippen LogP contribution in [0, 0.1) is 40.4 Å². The summed E-state index contributed by atoms with van der Waals surface area (Å²) >= 11 is 0. The number of rotatable bonds is 1. The third-order valence-electron chi connectivity index (χ3n) is 8.78. The molecule has 0 amide bonds. The highest BCUT2D eigenvalue weighted by molar-refractivity contribution is 5.95. The van der Waals surface area contributed by atoms with Gasteiger partial charge in [0, 0.05) is 5.92 Å². The van der Waals surface area contributed by atoms with Crippen LogP contribution in [0.4, 0.5) is 0 Å². The first-order valence-corrected chi connectivity index (χ1v) is 10.1. The van der Waals surface area contributed by atoms with Crippen LogP contribution < -0.4 is 0 Å². The van der Waals surface area contributed by atoms with Gasteiger partial charge in [0.15, 0.2) is 5.78 Å². The number of carbonyl (C=O) groups is 2. The molecule has 3 saturated carbocycles. The summed E-state index contributed by atoms with van der Waals surface area (Å²) < 4.78 is 0. The Kier molecular flexibility index (Phi) is 3.85. The lowest BCUT2D eigenvalue weighted by atomic mass is 9.46. The van der Waals surface area contributed by atoms with E-state index < -0.39 is 6.10 Å². The topological polar surface area (TPSA) is 54.4 Å². The van der Waals surface area contributed by atoms with Gasteiger partial charge in [-0.15, -0.1) is 0 Å². The summed E-state index contributed by atoms with van der Waals surface area (Å²) in [6.45, 7) is 8.71. The SMILES string of the molecule is CC(=O)[C@H]1[C@H](C)C[C@H]2[C@@H]3CCC4=CC(=O)C(O)C[C@]4(C)[C@H]3CC[C@@]21C. The number of hydrogen-bond acceptors (Lipinski definition) is 3. The van der Waals surface area contributed by atoms with E-state index in [0.717, 1.165) is 25.7 Å². The second-order valence-corrected chi connectivity index (χ2v) is 9.97. The van der Waals surface area contributed by atoms with Gasteiger partial charge in [-0.05, 0) is 86.0 Å². The van der Waals surface area contributed by atoms with Crippen molar-refractivity contribution in [2.45, 2.75) is 72.3 Å². The van der Waals surface area contributed by atoms with Gasteiger partial charge in [-0.2, -0.15) is 0 Å². The van der Waals surface area contributed by atoms with Crippen molar-refractivity contribution in [3.05, 3.63) is 11.6 Å². The molecule has 4 aliphatic rings. The normalized spacial score (nSPS) is 52.0. The maximum atomic E-state index is 12.4. The maximum Gasteiger partial charge on any atom is 0.184 e. The van der Waals surface area contributed by atoms with Crippen molar-refractivity contribution in [3.8, 4) is 0 Å². The maximum absolute atomic E-state index is 12.4. The lowest BCUT2D eigenvalue weighted by Gasteiger charge is -2.58. The molecule has 0 spiro atoms. The number of aliphatic hydroxyl groups excluding tert-OH is 1. The first-order chi connectivity index (χ1) is 11.7. The Labute approximate surface area is 151 Å². The quantitative estimate of drug-likeness (QED) is 0.784.